The normalized spacial score (nSPS) is 16.7. The molecule has 3 heterocycles. The van der Waals surface area contributed by atoms with Gasteiger partial charge in [-0.25, -0.2) is 9.97 Å². The van der Waals surface area contributed by atoms with Crippen LogP contribution in [0.2, 0.25) is 0 Å². The zero-order valence-electron chi connectivity index (χ0n) is 13.9. The molecule has 24 heavy (non-hydrogen) atoms. The van der Waals surface area contributed by atoms with Crippen LogP contribution in [0.3, 0.4) is 0 Å². The summed E-state index contributed by atoms with van der Waals surface area (Å²) in [4.78, 5) is 20.8. The van der Waals surface area contributed by atoms with Gasteiger partial charge in [0.25, 0.3) is 5.91 Å². The topological polar surface area (TPSA) is 81.1 Å². The molecule has 0 bridgehead atoms. The molecule has 0 aromatic carbocycles. The Morgan fingerprint density at radius 3 is 2.96 bits per heavy atom. The van der Waals surface area contributed by atoms with E-state index in [0.717, 1.165) is 25.9 Å². The van der Waals surface area contributed by atoms with Gasteiger partial charge in [0.05, 0.1) is 6.61 Å². The van der Waals surface area contributed by atoms with E-state index in [4.69, 9.17) is 4.74 Å². The minimum absolute atomic E-state index is 0.00979. The first-order chi connectivity index (χ1) is 11.7. The number of ether oxygens (including phenoxy) is 1. The van der Waals surface area contributed by atoms with Crippen LogP contribution in [0.1, 0.15) is 23.2 Å². The van der Waals surface area contributed by atoms with Crippen molar-refractivity contribution in [3.63, 3.8) is 0 Å². The first-order valence-corrected chi connectivity index (χ1v) is 8.15. The van der Waals surface area contributed by atoms with Crippen LogP contribution in [-0.4, -0.2) is 53.8 Å². The number of methoxy groups -OCH3 is 1. The summed E-state index contributed by atoms with van der Waals surface area (Å²) >= 11 is 0. The maximum absolute atomic E-state index is 12.5. The molecule has 0 spiro atoms. The van der Waals surface area contributed by atoms with Crippen LogP contribution in [0.4, 0.5) is 0 Å². The van der Waals surface area contributed by atoms with Gasteiger partial charge in [0.2, 0.25) is 0 Å². The molecule has 3 rings (SSSR count). The van der Waals surface area contributed by atoms with Gasteiger partial charge in [0, 0.05) is 43.2 Å². The molecule has 2 N–H and O–H groups in total. The minimum atomic E-state index is -0.0900. The van der Waals surface area contributed by atoms with E-state index in [-0.39, 0.29) is 11.3 Å². The van der Waals surface area contributed by atoms with Gasteiger partial charge in [-0.1, -0.05) is 0 Å². The molecule has 1 fully saturated rings. The van der Waals surface area contributed by atoms with Gasteiger partial charge in [-0.15, -0.1) is 0 Å². The predicted molar refractivity (Wildman–Crippen MR) is 90.1 cm³/mol. The fourth-order valence-corrected chi connectivity index (χ4v) is 3.10. The number of imidazole rings is 1. The van der Waals surface area contributed by atoms with Crippen LogP contribution in [-0.2, 0) is 4.74 Å². The molecule has 1 amide bonds. The lowest BCUT2D eigenvalue weighted by Gasteiger charge is -2.37. The molecule has 7 nitrogen and oxygen atoms in total. The molecule has 2 aromatic heterocycles. The number of carbonyl (C=O) groups is 1. The Bertz CT molecular complexity index is 660. The maximum Gasteiger partial charge on any atom is 0.251 e. The molecule has 0 saturated carbocycles. The summed E-state index contributed by atoms with van der Waals surface area (Å²) in [5, 5.41) is 6.42. The number of piperidine rings is 1. The van der Waals surface area contributed by atoms with Crippen LogP contribution in [0, 0.1) is 5.41 Å². The first-order valence-electron chi connectivity index (χ1n) is 8.15. The second kappa shape index (κ2) is 7.55. The van der Waals surface area contributed by atoms with Crippen LogP contribution in [0.5, 0.6) is 0 Å². The van der Waals surface area contributed by atoms with E-state index in [1.54, 1.807) is 48.7 Å². The quantitative estimate of drug-likeness (QED) is 0.827. The summed E-state index contributed by atoms with van der Waals surface area (Å²) in [5.74, 6) is 0.585. The summed E-state index contributed by atoms with van der Waals surface area (Å²) < 4.78 is 7.17. The molecular weight excluding hydrogens is 306 g/mol. The molecule has 0 radical (unpaired) electrons. The Balaban J connectivity index is 1.67. The maximum atomic E-state index is 12.5. The van der Waals surface area contributed by atoms with E-state index in [0.29, 0.717) is 24.5 Å². The third kappa shape index (κ3) is 3.80. The molecule has 2 aromatic rings. The number of hydrogen-bond acceptors (Lipinski definition) is 5. The largest absolute Gasteiger partial charge is 0.384 e. The molecule has 1 aliphatic rings. The van der Waals surface area contributed by atoms with Crippen molar-refractivity contribution < 1.29 is 9.53 Å². The summed E-state index contributed by atoms with van der Waals surface area (Å²) in [6.45, 7) is 3.19. The first kappa shape index (κ1) is 16.6. The Hall–Kier alpha value is -2.25. The number of pyridine rings is 1. The third-order valence-corrected chi connectivity index (χ3v) is 4.52. The van der Waals surface area contributed by atoms with Crippen molar-refractivity contribution in [2.75, 3.05) is 33.4 Å². The van der Waals surface area contributed by atoms with Gasteiger partial charge >= 0.3 is 0 Å². The standard InChI is InChI=1S/C17H23N5O2/c1-24-12-17(3-6-18-7-4-17)11-21-16(23)14-2-5-20-15(10-14)22-9-8-19-13-22/h2,5,8-10,13,18H,3-4,6-7,11-12H2,1H3,(H,21,23). The highest BCUT2D eigenvalue weighted by Gasteiger charge is 2.32. The zero-order chi connectivity index (χ0) is 16.8. The second-order valence-corrected chi connectivity index (χ2v) is 6.24. The number of nitrogens with one attached hydrogen (secondary N) is 2. The molecule has 0 unspecified atom stereocenters. The molecule has 0 atom stereocenters. The average Bonchev–Trinajstić information content (AvgIpc) is 3.16. The van der Waals surface area contributed by atoms with Crippen molar-refractivity contribution in [3.05, 3.63) is 42.6 Å². The van der Waals surface area contributed by atoms with Crippen molar-refractivity contribution >= 4 is 5.91 Å². The van der Waals surface area contributed by atoms with E-state index >= 15 is 0 Å². The minimum Gasteiger partial charge on any atom is -0.384 e. The molecule has 128 valence electrons. The zero-order valence-corrected chi connectivity index (χ0v) is 13.9. The second-order valence-electron chi connectivity index (χ2n) is 6.24. The fourth-order valence-electron chi connectivity index (χ4n) is 3.10. The highest BCUT2D eigenvalue weighted by atomic mass is 16.5. The smallest absolute Gasteiger partial charge is 0.251 e. The van der Waals surface area contributed by atoms with E-state index in [1.165, 1.54) is 0 Å². The molecule has 1 aliphatic heterocycles. The molecule has 1 saturated heterocycles. The number of hydrogen-bond donors (Lipinski definition) is 2. The predicted octanol–water partition coefficient (Wildman–Crippen LogP) is 1.01. The van der Waals surface area contributed by atoms with Crippen molar-refractivity contribution in [1.82, 2.24) is 25.2 Å². The van der Waals surface area contributed by atoms with E-state index in [2.05, 4.69) is 20.6 Å². The summed E-state index contributed by atoms with van der Waals surface area (Å²) in [5.41, 5.74) is 0.603. The average molecular weight is 329 g/mol. The lowest BCUT2D eigenvalue weighted by atomic mass is 9.79. The number of rotatable bonds is 6. The number of aromatic nitrogens is 3. The van der Waals surface area contributed by atoms with Crippen LogP contribution < -0.4 is 10.6 Å². The lowest BCUT2D eigenvalue weighted by Crippen LogP contribution is -2.47. The van der Waals surface area contributed by atoms with Crippen LogP contribution in [0.15, 0.2) is 37.1 Å². The number of nitrogens with zero attached hydrogens (tertiary/aromatic N) is 3. The van der Waals surface area contributed by atoms with E-state index in [9.17, 15) is 4.79 Å². The Labute approximate surface area is 141 Å². The van der Waals surface area contributed by atoms with E-state index < -0.39 is 0 Å². The Morgan fingerprint density at radius 1 is 1.42 bits per heavy atom. The fraction of sp³-hybridized carbons (Fsp3) is 0.471. The molecule has 0 aliphatic carbocycles. The van der Waals surface area contributed by atoms with Gasteiger partial charge in [-0.3, -0.25) is 9.36 Å². The number of carbonyl (C=O) groups excluding carboxylic acids is 1. The molecular formula is C17H23N5O2. The summed E-state index contributed by atoms with van der Waals surface area (Å²) in [6, 6.07) is 3.49. The molecule has 7 heteroatoms. The Kier molecular flexibility index (Phi) is 5.22. The lowest BCUT2D eigenvalue weighted by molar-refractivity contribution is 0.0511. The highest BCUT2D eigenvalue weighted by molar-refractivity contribution is 5.94. The highest BCUT2D eigenvalue weighted by Crippen LogP contribution is 2.28. The van der Waals surface area contributed by atoms with Gasteiger partial charge in [-0.2, -0.15) is 0 Å². The van der Waals surface area contributed by atoms with Crippen molar-refractivity contribution in [3.8, 4) is 5.82 Å². The third-order valence-electron chi connectivity index (χ3n) is 4.52. The summed E-state index contributed by atoms with van der Waals surface area (Å²) in [6.07, 6.45) is 8.77. The Morgan fingerprint density at radius 2 is 2.25 bits per heavy atom. The summed E-state index contributed by atoms with van der Waals surface area (Å²) in [7, 11) is 1.71. The van der Waals surface area contributed by atoms with Crippen LogP contribution >= 0.6 is 0 Å². The van der Waals surface area contributed by atoms with E-state index in [1.807, 2.05) is 0 Å². The van der Waals surface area contributed by atoms with Crippen LogP contribution in [0.25, 0.3) is 5.82 Å². The van der Waals surface area contributed by atoms with Gasteiger partial charge in [0.1, 0.15) is 12.1 Å². The monoisotopic (exact) mass is 329 g/mol. The SMILES string of the molecule is COCC1(CNC(=O)c2ccnc(-n3ccnc3)c2)CCNCC1. The van der Waals surface area contributed by atoms with Crippen molar-refractivity contribution in [1.29, 1.82) is 0 Å². The van der Waals surface area contributed by atoms with Crippen molar-refractivity contribution in [2.45, 2.75) is 12.8 Å². The number of amides is 1. The van der Waals surface area contributed by atoms with Gasteiger partial charge < -0.3 is 15.4 Å². The van der Waals surface area contributed by atoms with Gasteiger partial charge in [0.15, 0.2) is 0 Å². The van der Waals surface area contributed by atoms with Crippen molar-refractivity contribution in [2.24, 2.45) is 5.41 Å². The van der Waals surface area contributed by atoms with Gasteiger partial charge in [-0.05, 0) is 38.1 Å².